The van der Waals surface area contributed by atoms with Gasteiger partial charge in [-0.15, -0.1) is 0 Å². The predicted molar refractivity (Wildman–Crippen MR) is 75.6 cm³/mol. The van der Waals surface area contributed by atoms with Crippen LogP contribution in [-0.4, -0.2) is 10.8 Å². The van der Waals surface area contributed by atoms with Crippen LogP contribution in [0.3, 0.4) is 0 Å². The lowest BCUT2D eigenvalue weighted by atomic mass is 10.1. The second-order valence-corrected chi connectivity index (χ2v) is 4.89. The van der Waals surface area contributed by atoms with Crippen LogP contribution in [0, 0.1) is 0 Å². The molecule has 0 aliphatic heterocycles. The largest absolute Gasteiger partial charge is 0.471 e. The van der Waals surface area contributed by atoms with Gasteiger partial charge in [0.05, 0.1) is 0 Å². The maximum atomic E-state index is 12.0. The number of ether oxygens (including phenoxy) is 1. The van der Waals surface area contributed by atoms with Crippen molar-refractivity contribution in [2.75, 3.05) is 0 Å². The van der Waals surface area contributed by atoms with Crippen LogP contribution in [0.1, 0.15) is 10.4 Å². The van der Waals surface area contributed by atoms with Gasteiger partial charge >= 0.3 is 0 Å². The Morgan fingerprint density at radius 3 is 2.50 bits per heavy atom. The zero-order valence-electron chi connectivity index (χ0n) is 9.35. The van der Waals surface area contributed by atoms with E-state index in [1.54, 1.807) is 36.4 Å². The van der Waals surface area contributed by atoms with Gasteiger partial charge in [-0.2, -0.15) is 0 Å². The monoisotopic (exact) mass is 324 g/mol. The first-order valence-corrected chi connectivity index (χ1v) is 6.62. The van der Waals surface area contributed by atoms with Gasteiger partial charge in [-0.3, -0.25) is 4.79 Å². The van der Waals surface area contributed by atoms with Crippen molar-refractivity contribution in [3.8, 4) is 5.75 Å². The molecule has 0 radical (unpaired) electrons. The third kappa shape index (κ3) is 3.34. The van der Waals surface area contributed by atoms with Crippen LogP contribution < -0.4 is 4.74 Å². The van der Waals surface area contributed by atoms with Crippen molar-refractivity contribution in [2.24, 2.45) is 0 Å². The molecule has 0 aromatic heterocycles. The van der Waals surface area contributed by atoms with Gasteiger partial charge in [0.2, 0.25) is 10.8 Å². The summed E-state index contributed by atoms with van der Waals surface area (Å²) in [6.45, 7) is 0. The van der Waals surface area contributed by atoms with Crippen LogP contribution in [0.15, 0.2) is 54.6 Å². The number of benzene rings is 2. The van der Waals surface area contributed by atoms with Crippen molar-refractivity contribution in [2.45, 2.75) is 5.01 Å². The predicted octanol–water partition coefficient (Wildman–Crippen LogP) is 4.32. The molecule has 2 nitrogen and oxygen atoms in total. The molecular weight excluding hydrogens is 316 g/mol. The molecule has 0 saturated carbocycles. The molecular formula is C14H10BrClO2. The number of alkyl halides is 1. The normalized spacial score (nSPS) is 11.9. The van der Waals surface area contributed by atoms with Crippen LogP contribution in [0.25, 0.3) is 0 Å². The van der Waals surface area contributed by atoms with E-state index in [2.05, 4.69) is 15.9 Å². The fraction of sp³-hybridized carbons (Fsp3) is 0.0714. The summed E-state index contributed by atoms with van der Waals surface area (Å²) in [4.78, 5) is 12.0. The van der Waals surface area contributed by atoms with Gasteiger partial charge in [-0.1, -0.05) is 48.0 Å². The SMILES string of the molecule is O=C(c1ccccc1)C(Br)Oc1cccc(Cl)c1. The molecule has 4 heteroatoms. The molecule has 2 rings (SSSR count). The molecule has 2 aromatic carbocycles. The van der Waals surface area contributed by atoms with E-state index in [0.29, 0.717) is 16.3 Å². The Labute approximate surface area is 119 Å². The summed E-state index contributed by atoms with van der Waals surface area (Å²) in [6, 6.07) is 15.9. The number of ketones is 1. The molecule has 18 heavy (non-hydrogen) atoms. The van der Waals surface area contributed by atoms with E-state index < -0.39 is 5.01 Å². The number of carbonyl (C=O) groups excluding carboxylic acids is 1. The average Bonchev–Trinajstić information content (AvgIpc) is 2.39. The summed E-state index contributed by atoms with van der Waals surface area (Å²) in [5.74, 6) is 0.421. The Balaban J connectivity index is 2.09. The molecule has 0 fully saturated rings. The molecule has 92 valence electrons. The molecule has 0 aliphatic rings. The van der Waals surface area contributed by atoms with E-state index in [0.717, 1.165) is 0 Å². The van der Waals surface area contributed by atoms with E-state index >= 15 is 0 Å². The van der Waals surface area contributed by atoms with E-state index in [9.17, 15) is 4.79 Å². The number of halogens is 2. The van der Waals surface area contributed by atoms with E-state index in [1.807, 2.05) is 18.2 Å². The fourth-order valence-electron chi connectivity index (χ4n) is 1.45. The minimum Gasteiger partial charge on any atom is -0.471 e. The summed E-state index contributed by atoms with van der Waals surface area (Å²) < 4.78 is 5.49. The Kier molecular flexibility index (Phi) is 4.39. The Morgan fingerprint density at radius 2 is 1.83 bits per heavy atom. The lowest BCUT2D eigenvalue weighted by molar-refractivity contribution is 0.0897. The third-order valence-electron chi connectivity index (χ3n) is 2.30. The van der Waals surface area contributed by atoms with Crippen molar-refractivity contribution in [1.82, 2.24) is 0 Å². The molecule has 0 bridgehead atoms. The molecule has 0 saturated heterocycles. The lowest BCUT2D eigenvalue weighted by Crippen LogP contribution is -2.20. The number of Topliss-reactive ketones (excluding diaryl/α,β-unsaturated/α-hetero) is 1. The molecule has 0 aliphatic carbocycles. The summed E-state index contributed by atoms with van der Waals surface area (Å²) in [5.41, 5.74) is 0.599. The number of hydrogen-bond donors (Lipinski definition) is 0. The van der Waals surface area contributed by atoms with Crippen molar-refractivity contribution in [1.29, 1.82) is 0 Å². The molecule has 0 amide bonds. The van der Waals surface area contributed by atoms with Crippen LogP contribution >= 0.6 is 27.5 Å². The summed E-state index contributed by atoms with van der Waals surface area (Å²) in [5, 5.41) is -0.155. The zero-order valence-corrected chi connectivity index (χ0v) is 11.7. The Bertz CT molecular complexity index is 543. The van der Waals surface area contributed by atoms with Gasteiger partial charge in [-0.25, -0.2) is 0 Å². The van der Waals surface area contributed by atoms with Gasteiger partial charge in [0, 0.05) is 10.6 Å². The van der Waals surface area contributed by atoms with Crippen LogP contribution in [0.4, 0.5) is 0 Å². The summed E-state index contributed by atoms with van der Waals surface area (Å²) in [6.07, 6.45) is 0. The van der Waals surface area contributed by atoms with E-state index in [1.165, 1.54) is 0 Å². The maximum absolute atomic E-state index is 12.0. The highest BCUT2D eigenvalue weighted by Crippen LogP contribution is 2.21. The zero-order chi connectivity index (χ0) is 13.0. The first kappa shape index (κ1) is 13.1. The van der Waals surface area contributed by atoms with Gasteiger partial charge in [0.15, 0.2) is 0 Å². The molecule has 0 N–H and O–H groups in total. The standard InChI is InChI=1S/C14H10BrClO2/c15-14(13(17)10-5-2-1-3-6-10)18-12-8-4-7-11(16)9-12/h1-9,14H. The van der Waals surface area contributed by atoms with Crippen LogP contribution in [0.2, 0.25) is 5.02 Å². The number of rotatable bonds is 4. The fourth-order valence-corrected chi connectivity index (χ4v) is 2.11. The van der Waals surface area contributed by atoms with Crippen molar-refractivity contribution in [3.05, 3.63) is 65.2 Å². The molecule has 0 heterocycles. The maximum Gasteiger partial charge on any atom is 0.215 e. The van der Waals surface area contributed by atoms with Crippen molar-refractivity contribution in [3.63, 3.8) is 0 Å². The van der Waals surface area contributed by atoms with E-state index in [4.69, 9.17) is 16.3 Å². The topological polar surface area (TPSA) is 26.3 Å². The minimum absolute atomic E-state index is 0.129. The molecule has 1 atom stereocenters. The first-order chi connectivity index (χ1) is 8.66. The van der Waals surface area contributed by atoms with Crippen molar-refractivity contribution < 1.29 is 9.53 Å². The highest BCUT2D eigenvalue weighted by Gasteiger charge is 2.18. The van der Waals surface area contributed by atoms with Gasteiger partial charge in [0.25, 0.3) is 0 Å². The first-order valence-electron chi connectivity index (χ1n) is 5.32. The molecule has 0 spiro atoms. The second-order valence-electron chi connectivity index (χ2n) is 3.62. The van der Waals surface area contributed by atoms with Crippen molar-refractivity contribution >= 4 is 33.3 Å². The highest BCUT2D eigenvalue weighted by atomic mass is 79.9. The number of carbonyl (C=O) groups is 1. The minimum atomic E-state index is -0.724. The van der Waals surface area contributed by atoms with E-state index in [-0.39, 0.29) is 5.78 Å². The van der Waals surface area contributed by atoms with Gasteiger partial charge in [0.1, 0.15) is 5.75 Å². The lowest BCUT2D eigenvalue weighted by Gasteiger charge is -2.12. The van der Waals surface area contributed by atoms with Gasteiger partial charge in [-0.05, 0) is 34.1 Å². The third-order valence-corrected chi connectivity index (χ3v) is 3.14. The average molecular weight is 326 g/mol. The van der Waals surface area contributed by atoms with Gasteiger partial charge < -0.3 is 4.74 Å². The van der Waals surface area contributed by atoms with Crippen LogP contribution in [0.5, 0.6) is 5.75 Å². The quantitative estimate of drug-likeness (QED) is 0.618. The summed E-state index contributed by atoms with van der Waals surface area (Å²) >= 11 is 9.07. The highest BCUT2D eigenvalue weighted by molar-refractivity contribution is 9.09. The Hall–Kier alpha value is -1.32. The van der Waals surface area contributed by atoms with Crippen LogP contribution in [-0.2, 0) is 0 Å². The Morgan fingerprint density at radius 1 is 1.11 bits per heavy atom. The second kappa shape index (κ2) is 6.03. The summed E-state index contributed by atoms with van der Waals surface area (Å²) in [7, 11) is 0. The number of hydrogen-bond acceptors (Lipinski definition) is 2. The molecule has 2 aromatic rings. The molecule has 1 unspecified atom stereocenters. The smallest absolute Gasteiger partial charge is 0.215 e.